The zero-order chi connectivity index (χ0) is 12.8. The van der Waals surface area contributed by atoms with Gasteiger partial charge in [0.05, 0.1) is 6.61 Å². The van der Waals surface area contributed by atoms with Crippen molar-refractivity contribution in [3.63, 3.8) is 0 Å². The molecule has 7 nitrogen and oxygen atoms in total. The first-order valence-electron chi connectivity index (χ1n) is 4.54. The summed E-state index contributed by atoms with van der Waals surface area (Å²) in [6, 6.07) is 1.23. The molecule has 0 saturated carbocycles. The number of rotatable bonds is 5. The first-order chi connectivity index (χ1) is 8.08. The Hall–Kier alpha value is -2.02. The third kappa shape index (κ3) is 3.49. The molecule has 1 N–H and O–H groups in total. The molecule has 0 spiro atoms. The largest absolute Gasteiger partial charge is 0.460 e. The Balaban J connectivity index is 3.00. The summed E-state index contributed by atoms with van der Waals surface area (Å²) >= 11 is 5.60. The van der Waals surface area contributed by atoms with E-state index >= 15 is 0 Å². The lowest BCUT2D eigenvalue weighted by molar-refractivity contribution is -0.137. The minimum atomic E-state index is -1.08. The molecule has 0 atom stereocenters. The van der Waals surface area contributed by atoms with Crippen LogP contribution in [0.5, 0.6) is 0 Å². The minimum Gasteiger partial charge on any atom is -0.460 e. The first kappa shape index (κ1) is 13.0. The van der Waals surface area contributed by atoms with Crippen LogP contribution in [0, 0.1) is 0 Å². The van der Waals surface area contributed by atoms with Crippen molar-refractivity contribution in [2.24, 2.45) is 0 Å². The summed E-state index contributed by atoms with van der Waals surface area (Å²) in [6.07, 6.45) is 0.358. The van der Waals surface area contributed by atoms with Gasteiger partial charge in [-0.2, -0.15) is 0 Å². The molecule has 0 saturated heterocycles. The maximum Gasteiger partial charge on any atom is 0.383 e. The van der Waals surface area contributed by atoms with Crippen LogP contribution in [-0.4, -0.2) is 34.7 Å². The fourth-order valence-electron chi connectivity index (χ4n) is 0.941. The highest BCUT2D eigenvalue weighted by molar-refractivity contribution is 6.40. The predicted octanol–water partition coefficient (Wildman–Crippen LogP) is 0.444. The Labute approximate surface area is 101 Å². The van der Waals surface area contributed by atoms with Crippen LogP contribution in [0.4, 0.5) is 5.82 Å². The lowest BCUT2D eigenvalue weighted by Crippen LogP contribution is -2.20. The fourth-order valence-corrected chi connectivity index (χ4v) is 1.12. The predicted molar refractivity (Wildman–Crippen MR) is 57.7 cm³/mol. The minimum absolute atomic E-state index is 0.0210. The average Bonchev–Trinajstić information content (AvgIpc) is 2.28. The second-order valence-corrected chi connectivity index (χ2v) is 3.10. The van der Waals surface area contributed by atoms with Gasteiger partial charge in [-0.1, -0.05) is 11.6 Å². The lowest BCUT2D eigenvalue weighted by atomic mass is 10.3. The van der Waals surface area contributed by atoms with E-state index < -0.39 is 17.6 Å². The van der Waals surface area contributed by atoms with Crippen LogP contribution < -0.4 is 5.32 Å². The first-order valence-corrected chi connectivity index (χ1v) is 4.92. The van der Waals surface area contributed by atoms with Crippen molar-refractivity contribution in [2.75, 3.05) is 11.9 Å². The summed E-state index contributed by atoms with van der Waals surface area (Å²) in [5.74, 6) is -2.51. The van der Waals surface area contributed by atoms with Crippen molar-refractivity contribution in [3.05, 3.63) is 17.0 Å². The van der Waals surface area contributed by atoms with Crippen LogP contribution >= 0.6 is 11.6 Å². The Morgan fingerprint density at radius 2 is 2.24 bits per heavy atom. The van der Waals surface area contributed by atoms with Crippen molar-refractivity contribution >= 4 is 35.6 Å². The number of ether oxygens (including phenoxy) is 1. The lowest BCUT2D eigenvalue weighted by Gasteiger charge is -2.02. The maximum atomic E-state index is 11.5. The molecule has 1 rings (SSSR count). The molecule has 1 aromatic heterocycles. The van der Waals surface area contributed by atoms with Gasteiger partial charge in [-0.05, 0) is 6.92 Å². The molecule has 1 heterocycles. The normalized spacial score (nSPS) is 9.53. The Bertz CT molecular complexity index is 464. The number of ketones is 1. The SMILES string of the molecule is CCOC(=O)C(=O)c1nc(Cl)cc(NC=O)n1. The van der Waals surface area contributed by atoms with Crippen molar-refractivity contribution in [2.45, 2.75) is 6.92 Å². The molecule has 0 unspecified atom stereocenters. The summed E-state index contributed by atoms with van der Waals surface area (Å²) in [6.45, 7) is 1.62. The quantitative estimate of drug-likeness (QED) is 0.270. The van der Waals surface area contributed by atoms with E-state index in [1.54, 1.807) is 6.92 Å². The van der Waals surface area contributed by atoms with E-state index in [1.807, 2.05) is 0 Å². The number of nitrogens with zero attached hydrogens (tertiary/aromatic N) is 2. The Kier molecular flexibility index (Phi) is 4.53. The Morgan fingerprint density at radius 1 is 1.53 bits per heavy atom. The fraction of sp³-hybridized carbons (Fsp3) is 0.222. The van der Waals surface area contributed by atoms with Crippen LogP contribution in [0.15, 0.2) is 6.07 Å². The average molecular weight is 258 g/mol. The van der Waals surface area contributed by atoms with Crippen molar-refractivity contribution in [3.8, 4) is 0 Å². The van der Waals surface area contributed by atoms with Crippen molar-refractivity contribution in [1.29, 1.82) is 0 Å². The highest BCUT2D eigenvalue weighted by Gasteiger charge is 2.21. The van der Waals surface area contributed by atoms with E-state index in [2.05, 4.69) is 20.0 Å². The standard InChI is InChI=1S/C9H8ClN3O4/c1-2-17-9(16)7(15)8-12-5(10)3-6(13-8)11-4-14/h3-4H,2H2,1H3,(H,11,12,13,14). The van der Waals surface area contributed by atoms with E-state index in [0.717, 1.165) is 0 Å². The smallest absolute Gasteiger partial charge is 0.383 e. The number of amides is 1. The summed E-state index contributed by atoms with van der Waals surface area (Å²) in [5, 5.41) is 2.12. The van der Waals surface area contributed by atoms with Crippen LogP contribution in [0.25, 0.3) is 0 Å². The van der Waals surface area contributed by atoms with Crippen LogP contribution in [0.1, 0.15) is 17.5 Å². The van der Waals surface area contributed by atoms with Crippen LogP contribution in [-0.2, 0) is 14.3 Å². The molecule has 0 fully saturated rings. The van der Waals surface area contributed by atoms with Gasteiger partial charge in [0.2, 0.25) is 12.2 Å². The summed E-state index contributed by atoms with van der Waals surface area (Å²) < 4.78 is 4.50. The molecular weight excluding hydrogens is 250 g/mol. The molecule has 0 radical (unpaired) electrons. The number of hydrogen-bond acceptors (Lipinski definition) is 6. The number of anilines is 1. The highest BCUT2D eigenvalue weighted by atomic mass is 35.5. The number of esters is 1. The third-order valence-corrected chi connectivity index (χ3v) is 1.76. The molecule has 0 bridgehead atoms. The molecule has 0 aromatic carbocycles. The molecule has 1 aromatic rings. The second kappa shape index (κ2) is 5.90. The van der Waals surface area contributed by atoms with Gasteiger partial charge in [0.25, 0.3) is 0 Å². The van der Waals surface area contributed by atoms with Gasteiger partial charge in [0.15, 0.2) is 0 Å². The van der Waals surface area contributed by atoms with Gasteiger partial charge >= 0.3 is 11.8 Å². The van der Waals surface area contributed by atoms with Gasteiger partial charge in [0.1, 0.15) is 11.0 Å². The Morgan fingerprint density at radius 3 is 2.82 bits per heavy atom. The van der Waals surface area contributed by atoms with Crippen LogP contribution in [0.3, 0.4) is 0 Å². The van der Waals surface area contributed by atoms with E-state index in [9.17, 15) is 14.4 Å². The van der Waals surface area contributed by atoms with Gasteiger partial charge in [0, 0.05) is 6.07 Å². The molecule has 1 amide bonds. The second-order valence-electron chi connectivity index (χ2n) is 2.71. The van der Waals surface area contributed by atoms with Gasteiger partial charge in [-0.25, -0.2) is 14.8 Å². The third-order valence-electron chi connectivity index (χ3n) is 1.57. The van der Waals surface area contributed by atoms with Gasteiger partial charge < -0.3 is 10.1 Å². The highest BCUT2D eigenvalue weighted by Crippen LogP contribution is 2.11. The van der Waals surface area contributed by atoms with Gasteiger partial charge in [-0.3, -0.25) is 9.59 Å². The molecule has 0 aliphatic rings. The number of aromatic nitrogens is 2. The molecule has 17 heavy (non-hydrogen) atoms. The number of carbonyl (C=O) groups excluding carboxylic acids is 3. The van der Waals surface area contributed by atoms with Crippen molar-refractivity contribution in [1.82, 2.24) is 9.97 Å². The summed E-state index contributed by atoms with van der Waals surface area (Å²) in [4.78, 5) is 40.0. The number of nitrogens with one attached hydrogen (secondary N) is 1. The summed E-state index contributed by atoms with van der Waals surface area (Å²) in [5.41, 5.74) is 0. The molecule has 90 valence electrons. The van der Waals surface area contributed by atoms with E-state index in [0.29, 0.717) is 6.41 Å². The van der Waals surface area contributed by atoms with E-state index in [4.69, 9.17) is 11.6 Å². The number of hydrogen-bond donors (Lipinski definition) is 1. The molecular formula is C9H8ClN3O4. The number of Topliss-reactive ketones (excluding diaryl/α,β-unsaturated/α-hetero) is 1. The summed E-state index contributed by atoms with van der Waals surface area (Å²) in [7, 11) is 0. The number of carbonyl (C=O) groups is 3. The molecule has 0 aliphatic heterocycles. The topological polar surface area (TPSA) is 98.3 Å². The van der Waals surface area contributed by atoms with E-state index in [-0.39, 0.29) is 17.6 Å². The monoisotopic (exact) mass is 257 g/mol. The van der Waals surface area contributed by atoms with Gasteiger partial charge in [-0.15, -0.1) is 0 Å². The zero-order valence-electron chi connectivity index (χ0n) is 8.77. The zero-order valence-corrected chi connectivity index (χ0v) is 9.52. The number of halogens is 1. The van der Waals surface area contributed by atoms with Crippen molar-refractivity contribution < 1.29 is 19.1 Å². The van der Waals surface area contributed by atoms with Crippen LogP contribution in [0.2, 0.25) is 5.15 Å². The molecule has 0 aliphatic carbocycles. The van der Waals surface area contributed by atoms with E-state index in [1.165, 1.54) is 6.07 Å². The molecule has 8 heteroatoms. The maximum absolute atomic E-state index is 11.5.